The fourth-order valence-electron chi connectivity index (χ4n) is 5.63. The van der Waals surface area contributed by atoms with Gasteiger partial charge in [0.15, 0.2) is 0 Å². The summed E-state index contributed by atoms with van der Waals surface area (Å²) in [5, 5.41) is 15.5. The lowest BCUT2D eigenvalue weighted by Gasteiger charge is -2.18. The van der Waals surface area contributed by atoms with Gasteiger partial charge in [-0.15, -0.1) is 5.06 Å². The number of imide groups is 1. The Morgan fingerprint density at radius 3 is 2.36 bits per heavy atom. The predicted octanol–water partition coefficient (Wildman–Crippen LogP) is 6.20. The van der Waals surface area contributed by atoms with E-state index in [1.807, 2.05) is 57.2 Å². The van der Waals surface area contributed by atoms with Gasteiger partial charge in [-0.25, -0.2) is 9.59 Å². The molecule has 0 bridgehead atoms. The first-order valence-electron chi connectivity index (χ1n) is 16.8. The Kier molecular flexibility index (Phi) is 12.9. The third-order valence-corrected chi connectivity index (χ3v) is 8.30. The van der Waals surface area contributed by atoms with Gasteiger partial charge in [-0.2, -0.15) is 0 Å². The molecule has 1 saturated heterocycles. The summed E-state index contributed by atoms with van der Waals surface area (Å²) in [6.45, 7) is 9.70. The number of anilines is 1. The van der Waals surface area contributed by atoms with Gasteiger partial charge in [0.05, 0.1) is 10.9 Å². The number of hydrogen-bond donors (Lipinski definition) is 2. The van der Waals surface area contributed by atoms with E-state index in [4.69, 9.17) is 9.25 Å². The van der Waals surface area contributed by atoms with Gasteiger partial charge in [0.1, 0.15) is 11.3 Å². The van der Waals surface area contributed by atoms with Crippen LogP contribution in [-0.2, 0) is 24.0 Å². The van der Waals surface area contributed by atoms with E-state index in [0.29, 0.717) is 41.5 Å². The van der Waals surface area contributed by atoms with Crippen molar-refractivity contribution in [3.63, 3.8) is 0 Å². The topological polar surface area (TPSA) is 159 Å². The first-order chi connectivity index (χ1) is 23.9. The number of nitrogens with one attached hydrogen (secondary N) is 1. The summed E-state index contributed by atoms with van der Waals surface area (Å²) in [6.07, 6.45) is 2.52. The van der Waals surface area contributed by atoms with Crippen molar-refractivity contribution in [1.82, 2.24) is 9.96 Å². The Morgan fingerprint density at radius 1 is 0.980 bits per heavy atom. The van der Waals surface area contributed by atoms with Crippen LogP contribution in [0.5, 0.6) is 0 Å². The number of benzene rings is 3. The van der Waals surface area contributed by atoms with Crippen molar-refractivity contribution in [2.45, 2.75) is 66.2 Å². The molecule has 0 saturated carbocycles. The second kappa shape index (κ2) is 17.2. The molecule has 2 N–H and O–H groups in total. The number of carbonyl (C=O) groups excluding carboxylic acids is 4. The third-order valence-electron chi connectivity index (χ3n) is 8.30. The van der Waals surface area contributed by atoms with Gasteiger partial charge in [0.25, 0.3) is 11.8 Å². The van der Waals surface area contributed by atoms with Crippen LogP contribution in [0.15, 0.2) is 64.0 Å². The van der Waals surface area contributed by atoms with Crippen LogP contribution in [0.25, 0.3) is 33.4 Å². The molecule has 2 heterocycles. The molecule has 3 amide bonds. The van der Waals surface area contributed by atoms with Crippen LogP contribution in [0.2, 0.25) is 0 Å². The molecule has 2 aliphatic heterocycles. The zero-order valence-electron chi connectivity index (χ0n) is 29.2. The van der Waals surface area contributed by atoms with Crippen LogP contribution < -0.4 is 10.7 Å². The fraction of sp³-hybridized carbons (Fsp3) is 0.368. The highest BCUT2D eigenvalue weighted by Crippen LogP contribution is 2.42. The van der Waals surface area contributed by atoms with E-state index in [-0.39, 0.29) is 30.7 Å². The number of rotatable bonds is 12. The van der Waals surface area contributed by atoms with E-state index in [1.165, 1.54) is 6.92 Å². The average Bonchev–Trinajstić information content (AvgIpc) is 3.40. The number of fused-ring (bicyclic) bond motifs is 2. The first-order valence-corrected chi connectivity index (χ1v) is 16.8. The van der Waals surface area contributed by atoms with Crippen molar-refractivity contribution in [3.05, 3.63) is 71.1 Å². The van der Waals surface area contributed by atoms with E-state index in [0.717, 1.165) is 52.5 Å². The highest BCUT2D eigenvalue weighted by atomic mass is 16.7. The number of aryl methyl sites for hydroxylation is 1. The maximum Gasteiger partial charge on any atom is 0.336 e. The molecule has 5 rings (SSSR count). The molecule has 2 aromatic rings. The molecular weight excluding hydrogens is 640 g/mol. The summed E-state index contributed by atoms with van der Waals surface area (Å²) in [5.74, 6) is -1.77. The van der Waals surface area contributed by atoms with E-state index in [1.54, 1.807) is 24.1 Å². The quantitative estimate of drug-likeness (QED) is 0.101. The fourth-order valence-corrected chi connectivity index (χ4v) is 5.63. The van der Waals surface area contributed by atoms with Gasteiger partial charge < -0.3 is 24.6 Å². The third kappa shape index (κ3) is 9.13. The lowest BCUT2D eigenvalue weighted by Crippen LogP contribution is -2.31. The summed E-state index contributed by atoms with van der Waals surface area (Å²) in [7, 11) is 1.72. The molecule has 0 atom stereocenters. The minimum atomic E-state index is -0.953. The maximum absolute atomic E-state index is 12.0. The van der Waals surface area contributed by atoms with Crippen LogP contribution in [-0.4, -0.2) is 71.4 Å². The van der Waals surface area contributed by atoms with Crippen molar-refractivity contribution in [1.29, 1.82) is 0 Å². The molecule has 3 aliphatic rings. The zero-order chi connectivity index (χ0) is 36.4. The van der Waals surface area contributed by atoms with Gasteiger partial charge in [-0.3, -0.25) is 19.4 Å². The second-order valence-corrected chi connectivity index (χ2v) is 12.0. The number of unbranched alkanes of at least 4 members (excludes halogenated alkanes) is 2. The van der Waals surface area contributed by atoms with Crippen molar-refractivity contribution in [3.8, 4) is 22.5 Å². The highest BCUT2D eigenvalue weighted by Gasteiger charge is 2.32. The molecule has 0 spiro atoms. The molecule has 0 radical (unpaired) electrons. The summed E-state index contributed by atoms with van der Waals surface area (Å²) in [5.41, 5.74) is 5.44. The standard InChI is InChI=1S/C25H24N2O3.C13H20N2O5/c1-4-26-16-10-11-19-22(13-16)30-23-14-21(27-5-2)15(3)12-20(23)24(19)17-8-6-7-9-18(17)25(28)29;1-10(16)14(2)9-5-3-4-6-13(19)20-15-11(17)7-8-12(15)18/h6-14,27H,4-5H2,1-3H3,(H,28,29);3-9H2,1-2H3. The number of nitrogens with zero attached hydrogens (tertiary/aromatic N) is 3. The molecular formula is C38H44N4O8. The van der Waals surface area contributed by atoms with Crippen LogP contribution in [0.3, 0.4) is 0 Å². The maximum atomic E-state index is 12.0. The van der Waals surface area contributed by atoms with Crippen molar-refractivity contribution in [2.24, 2.45) is 4.99 Å². The molecule has 2 aromatic carbocycles. The Balaban J connectivity index is 0.000000246. The number of carboxylic acids is 1. The molecule has 50 heavy (non-hydrogen) atoms. The SMILES string of the molecule is CC(=O)N(C)CCCCCC(=O)ON1C(=O)CCC1=O.CCN=c1ccc2c(-c3ccccc3C(=O)O)c3cc(C)c(NCC)cc3oc-2c1. The monoisotopic (exact) mass is 684 g/mol. The molecule has 12 heteroatoms. The molecule has 1 fully saturated rings. The van der Waals surface area contributed by atoms with Crippen molar-refractivity contribution < 1.29 is 38.3 Å². The Labute approximate surface area is 291 Å². The van der Waals surface area contributed by atoms with Gasteiger partial charge >= 0.3 is 11.9 Å². The van der Waals surface area contributed by atoms with Gasteiger partial charge in [0.2, 0.25) is 5.91 Å². The number of carbonyl (C=O) groups is 5. The molecule has 12 nitrogen and oxygen atoms in total. The Bertz CT molecular complexity index is 1920. The van der Waals surface area contributed by atoms with Crippen LogP contribution >= 0.6 is 0 Å². The number of hydrogen-bond acceptors (Lipinski definition) is 9. The van der Waals surface area contributed by atoms with Gasteiger partial charge in [-0.1, -0.05) is 24.6 Å². The van der Waals surface area contributed by atoms with Gasteiger partial charge in [-0.05, 0) is 69.0 Å². The van der Waals surface area contributed by atoms with Crippen LogP contribution in [0, 0.1) is 6.92 Å². The summed E-state index contributed by atoms with van der Waals surface area (Å²) in [6, 6.07) is 17.0. The van der Waals surface area contributed by atoms with Crippen molar-refractivity contribution >= 4 is 46.3 Å². The first kappa shape index (κ1) is 37.3. The lowest BCUT2D eigenvalue weighted by molar-refractivity contribution is -0.197. The number of aromatic carboxylic acids is 1. The minimum absolute atomic E-state index is 0.00969. The van der Waals surface area contributed by atoms with E-state index in [9.17, 15) is 29.1 Å². The predicted molar refractivity (Wildman–Crippen MR) is 189 cm³/mol. The normalized spacial score (nSPS) is 13.0. The number of carboxylic acid groups (broad SMARTS) is 1. The molecule has 1 aliphatic carbocycles. The zero-order valence-corrected chi connectivity index (χ0v) is 29.2. The number of amides is 3. The van der Waals surface area contributed by atoms with E-state index in [2.05, 4.69) is 16.4 Å². The molecule has 0 aromatic heterocycles. The van der Waals surface area contributed by atoms with Crippen LogP contribution in [0.1, 0.15) is 75.2 Å². The lowest BCUT2D eigenvalue weighted by atomic mass is 9.90. The molecule has 0 unspecified atom stereocenters. The van der Waals surface area contributed by atoms with E-state index < -0.39 is 23.8 Å². The van der Waals surface area contributed by atoms with Crippen LogP contribution in [0.4, 0.5) is 5.69 Å². The number of hydroxylamine groups is 2. The second-order valence-electron chi connectivity index (χ2n) is 12.0. The molecule has 264 valence electrons. The Morgan fingerprint density at radius 2 is 1.70 bits per heavy atom. The minimum Gasteiger partial charge on any atom is -0.478 e. The van der Waals surface area contributed by atoms with Gasteiger partial charge in [0, 0.05) is 87.2 Å². The van der Waals surface area contributed by atoms with E-state index >= 15 is 0 Å². The average molecular weight is 685 g/mol. The highest BCUT2D eigenvalue weighted by molar-refractivity contribution is 6.08. The Hall–Kier alpha value is -5.52. The van der Waals surface area contributed by atoms with Crippen molar-refractivity contribution in [2.75, 3.05) is 32.0 Å². The summed E-state index contributed by atoms with van der Waals surface area (Å²) in [4.78, 5) is 67.7. The largest absolute Gasteiger partial charge is 0.478 e. The smallest absolute Gasteiger partial charge is 0.336 e. The summed E-state index contributed by atoms with van der Waals surface area (Å²) < 4.78 is 6.29. The summed E-state index contributed by atoms with van der Waals surface area (Å²) >= 11 is 0.